The number of rotatable bonds is 2. The number of ether oxygens (including phenoxy) is 2. The van der Waals surface area contributed by atoms with E-state index >= 15 is 0 Å². The zero-order valence-electron chi connectivity index (χ0n) is 9.19. The summed E-state index contributed by atoms with van der Waals surface area (Å²) in [5, 5.41) is 10.0. The van der Waals surface area contributed by atoms with Crippen LogP contribution in [0.2, 0.25) is 0 Å². The highest BCUT2D eigenvalue weighted by molar-refractivity contribution is 5.16. The van der Waals surface area contributed by atoms with Crippen LogP contribution in [0.25, 0.3) is 0 Å². The lowest BCUT2D eigenvalue weighted by molar-refractivity contribution is -0.151. The fraction of sp³-hybridized carbons (Fsp3) is 0.636. The second-order valence-electron chi connectivity index (χ2n) is 4.30. The summed E-state index contributed by atoms with van der Waals surface area (Å²) in [5.41, 5.74) is 0.735. The first kappa shape index (κ1) is 10.7. The Labute approximate surface area is 88.8 Å². The normalized spacial score (nSPS) is 26.8. The fourth-order valence-corrected chi connectivity index (χ4v) is 1.70. The molecule has 4 heteroatoms. The molecule has 2 heterocycles. The highest BCUT2D eigenvalue weighted by Crippen LogP contribution is 2.31. The maximum atomic E-state index is 10.0. The summed E-state index contributed by atoms with van der Waals surface area (Å²) in [4.78, 5) is 0. The smallest absolute Gasteiger partial charge is 0.163 e. The SMILES string of the molecule is Cc1cc([C@@H](O)[C@H]2COC(C)(C)O2)co1. The largest absolute Gasteiger partial charge is 0.469 e. The summed E-state index contributed by atoms with van der Waals surface area (Å²) < 4.78 is 16.1. The Bertz CT molecular complexity index is 342. The molecule has 0 spiro atoms. The molecule has 15 heavy (non-hydrogen) atoms. The Morgan fingerprint density at radius 2 is 2.27 bits per heavy atom. The van der Waals surface area contributed by atoms with Crippen molar-refractivity contribution in [3.63, 3.8) is 0 Å². The molecule has 0 amide bonds. The minimum Gasteiger partial charge on any atom is -0.469 e. The van der Waals surface area contributed by atoms with Gasteiger partial charge >= 0.3 is 0 Å². The van der Waals surface area contributed by atoms with Crippen molar-refractivity contribution in [3.8, 4) is 0 Å². The van der Waals surface area contributed by atoms with Crippen LogP contribution < -0.4 is 0 Å². The molecule has 0 radical (unpaired) electrons. The van der Waals surface area contributed by atoms with Crippen molar-refractivity contribution in [1.82, 2.24) is 0 Å². The first-order chi connectivity index (χ1) is 6.98. The van der Waals surface area contributed by atoms with E-state index < -0.39 is 11.9 Å². The van der Waals surface area contributed by atoms with Gasteiger partial charge < -0.3 is 19.0 Å². The molecule has 0 bridgehead atoms. The molecule has 0 saturated carbocycles. The number of aliphatic hydroxyl groups is 1. The van der Waals surface area contributed by atoms with Gasteiger partial charge in [-0.1, -0.05) is 0 Å². The molecule has 84 valence electrons. The first-order valence-electron chi connectivity index (χ1n) is 5.03. The third-order valence-corrected chi connectivity index (χ3v) is 2.47. The molecule has 1 fully saturated rings. The van der Waals surface area contributed by atoms with E-state index in [0.717, 1.165) is 11.3 Å². The van der Waals surface area contributed by atoms with Crippen LogP contribution in [0.1, 0.15) is 31.3 Å². The van der Waals surface area contributed by atoms with Crippen molar-refractivity contribution >= 4 is 0 Å². The van der Waals surface area contributed by atoms with Gasteiger partial charge in [0.05, 0.1) is 12.9 Å². The summed E-state index contributed by atoms with van der Waals surface area (Å²) in [7, 11) is 0. The van der Waals surface area contributed by atoms with Crippen LogP contribution in [-0.4, -0.2) is 23.6 Å². The van der Waals surface area contributed by atoms with E-state index in [2.05, 4.69) is 0 Å². The standard InChI is InChI=1S/C11H16O4/c1-7-4-8(5-13-7)10(12)9-6-14-11(2,3)15-9/h4-5,9-10,12H,6H2,1-3H3/t9-,10-/m1/s1. The predicted molar refractivity (Wildman–Crippen MR) is 53.3 cm³/mol. The van der Waals surface area contributed by atoms with Gasteiger partial charge in [0.25, 0.3) is 0 Å². The molecule has 1 aliphatic rings. The molecule has 1 aromatic heterocycles. The molecule has 1 aliphatic heterocycles. The van der Waals surface area contributed by atoms with Crippen LogP contribution in [0, 0.1) is 6.92 Å². The van der Waals surface area contributed by atoms with Gasteiger partial charge in [-0.2, -0.15) is 0 Å². The zero-order chi connectivity index (χ0) is 11.1. The van der Waals surface area contributed by atoms with Crippen molar-refractivity contribution in [2.45, 2.75) is 38.8 Å². The third-order valence-electron chi connectivity index (χ3n) is 2.47. The molecule has 2 rings (SSSR count). The second kappa shape index (κ2) is 3.63. The van der Waals surface area contributed by atoms with Gasteiger partial charge in [-0.3, -0.25) is 0 Å². The Balaban J connectivity index is 2.06. The lowest BCUT2D eigenvalue weighted by atomic mass is 10.1. The van der Waals surface area contributed by atoms with E-state index in [1.807, 2.05) is 20.8 Å². The molecule has 0 aromatic carbocycles. The highest BCUT2D eigenvalue weighted by Gasteiger charge is 2.37. The fourth-order valence-electron chi connectivity index (χ4n) is 1.70. The minimum absolute atomic E-state index is 0.322. The van der Waals surface area contributed by atoms with Gasteiger partial charge in [-0.15, -0.1) is 0 Å². The Hall–Kier alpha value is -0.840. The van der Waals surface area contributed by atoms with E-state index in [9.17, 15) is 5.11 Å². The summed E-state index contributed by atoms with van der Waals surface area (Å²) in [5.74, 6) is 0.173. The molecular weight excluding hydrogens is 196 g/mol. The maximum Gasteiger partial charge on any atom is 0.163 e. The van der Waals surface area contributed by atoms with Gasteiger partial charge in [0.2, 0.25) is 0 Å². The van der Waals surface area contributed by atoms with Gasteiger partial charge in [0.1, 0.15) is 18.0 Å². The number of aryl methyl sites for hydroxylation is 1. The average Bonchev–Trinajstić information content (AvgIpc) is 2.71. The van der Waals surface area contributed by atoms with E-state index in [1.54, 1.807) is 12.3 Å². The van der Waals surface area contributed by atoms with Crippen LogP contribution in [0.5, 0.6) is 0 Å². The van der Waals surface area contributed by atoms with Crippen LogP contribution >= 0.6 is 0 Å². The van der Waals surface area contributed by atoms with Gasteiger partial charge in [-0.05, 0) is 26.8 Å². The average molecular weight is 212 g/mol. The van der Waals surface area contributed by atoms with E-state index in [4.69, 9.17) is 13.9 Å². The lowest BCUT2D eigenvalue weighted by Crippen LogP contribution is -2.25. The van der Waals surface area contributed by atoms with E-state index in [-0.39, 0.29) is 6.10 Å². The first-order valence-corrected chi connectivity index (χ1v) is 5.03. The monoisotopic (exact) mass is 212 g/mol. The molecule has 0 unspecified atom stereocenters. The number of hydrogen-bond acceptors (Lipinski definition) is 4. The molecule has 1 N–H and O–H groups in total. The van der Waals surface area contributed by atoms with Crippen molar-refractivity contribution in [3.05, 3.63) is 23.7 Å². The quantitative estimate of drug-likeness (QED) is 0.811. The molecule has 0 aliphatic carbocycles. The minimum atomic E-state index is -0.691. The molecule has 1 aromatic rings. The molecule has 1 saturated heterocycles. The van der Waals surface area contributed by atoms with E-state index in [1.165, 1.54) is 0 Å². The number of hydrogen-bond donors (Lipinski definition) is 1. The summed E-state index contributed by atoms with van der Waals surface area (Å²) in [6.45, 7) is 5.91. The van der Waals surface area contributed by atoms with Crippen LogP contribution in [-0.2, 0) is 9.47 Å². The van der Waals surface area contributed by atoms with Crippen LogP contribution in [0.4, 0.5) is 0 Å². The van der Waals surface area contributed by atoms with Gasteiger partial charge in [0.15, 0.2) is 5.79 Å². The third kappa shape index (κ3) is 2.22. The highest BCUT2D eigenvalue weighted by atomic mass is 16.7. The summed E-state index contributed by atoms with van der Waals surface area (Å²) >= 11 is 0. The summed E-state index contributed by atoms with van der Waals surface area (Å²) in [6.07, 6.45) is 0.538. The van der Waals surface area contributed by atoms with Crippen LogP contribution in [0.15, 0.2) is 16.7 Å². The number of furan rings is 1. The molecule has 4 nitrogen and oxygen atoms in total. The predicted octanol–water partition coefficient (Wildman–Crippen LogP) is 1.77. The van der Waals surface area contributed by atoms with Crippen molar-refractivity contribution in [1.29, 1.82) is 0 Å². The van der Waals surface area contributed by atoms with Gasteiger partial charge in [-0.25, -0.2) is 0 Å². The second-order valence-corrected chi connectivity index (χ2v) is 4.30. The molecule has 2 atom stereocenters. The van der Waals surface area contributed by atoms with E-state index in [0.29, 0.717) is 6.61 Å². The van der Waals surface area contributed by atoms with Crippen molar-refractivity contribution in [2.24, 2.45) is 0 Å². The number of aliphatic hydroxyl groups excluding tert-OH is 1. The Morgan fingerprint density at radius 1 is 1.53 bits per heavy atom. The van der Waals surface area contributed by atoms with Crippen molar-refractivity contribution < 1.29 is 19.0 Å². The van der Waals surface area contributed by atoms with Crippen molar-refractivity contribution in [2.75, 3.05) is 6.61 Å². The van der Waals surface area contributed by atoms with Crippen LogP contribution in [0.3, 0.4) is 0 Å². The lowest BCUT2D eigenvalue weighted by Gasteiger charge is -2.19. The Morgan fingerprint density at radius 3 is 2.73 bits per heavy atom. The molecular formula is C11H16O4. The summed E-state index contributed by atoms with van der Waals surface area (Å²) in [6, 6.07) is 1.80. The zero-order valence-corrected chi connectivity index (χ0v) is 9.19. The topological polar surface area (TPSA) is 51.8 Å². The van der Waals surface area contributed by atoms with Gasteiger partial charge in [0, 0.05) is 5.56 Å². The maximum absolute atomic E-state index is 10.0. The Kier molecular flexibility index (Phi) is 2.58.